The third kappa shape index (κ3) is 1.96. The fraction of sp³-hybridized carbons (Fsp3) is 0.500. The first-order valence-corrected chi connectivity index (χ1v) is 6.30. The summed E-state index contributed by atoms with van der Waals surface area (Å²) in [5.74, 6) is -0.910. The van der Waals surface area contributed by atoms with Gasteiger partial charge in [0.15, 0.2) is 11.6 Å². The molecule has 3 N–H and O–H groups in total. The van der Waals surface area contributed by atoms with Crippen LogP contribution in [0.3, 0.4) is 0 Å². The number of nitrogens with two attached hydrogens (primary N) is 1. The van der Waals surface area contributed by atoms with Gasteiger partial charge in [-0.25, -0.2) is 4.39 Å². The molecule has 0 bridgehead atoms. The van der Waals surface area contributed by atoms with Gasteiger partial charge in [0.25, 0.3) is 0 Å². The molecule has 1 aromatic carbocycles. The number of halogens is 2. The summed E-state index contributed by atoms with van der Waals surface area (Å²) >= 11 is 3.35. The predicted molar refractivity (Wildman–Crippen MR) is 64.7 cm³/mol. The molecular weight excluding hydrogens is 273 g/mol. The molecule has 1 aliphatic carbocycles. The topological polar surface area (TPSA) is 46.2 Å². The van der Waals surface area contributed by atoms with Gasteiger partial charge in [-0.05, 0) is 25.0 Å². The minimum atomic E-state index is -0.603. The summed E-state index contributed by atoms with van der Waals surface area (Å²) in [7, 11) is 0. The van der Waals surface area contributed by atoms with Crippen LogP contribution < -0.4 is 5.73 Å². The van der Waals surface area contributed by atoms with Crippen molar-refractivity contribution in [3.05, 3.63) is 28.0 Å². The monoisotopic (exact) mass is 287 g/mol. The lowest BCUT2D eigenvalue weighted by atomic mass is 9.77. The lowest BCUT2D eigenvalue weighted by molar-refractivity contribution is 0.287. The number of hydrogen-bond acceptors (Lipinski definition) is 2. The van der Waals surface area contributed by atoms with Crippen LogP contribution in [0.4, 0.5) is 4.39 Å². The van der Waals surface area contributed by atoms with Gasteiger partial charge in [0, 0.05) is 15.6 Å². The largest absolute Gasteiger partial charge is 0.505 e. The SMILES string of the molecule is NC1(c2c(Br)ccc(F)c2O)CCCCC1. The number of benzene rings is 1. The molecule has 1 aromatic rings. The number of phenolic OH excluding ortho intramolecular Hbond substituents is 1. The van der Waals surface area contributed by atoms with Gasteiger partial charge in [-0.15, -0.1) is 0 Å². The molecule has 0 aliphatic heterocycles. The second-order valence-corrected chi connectivity index (χ2v) is 5.32. The summed E-state index contributed by atoms with van der Waals surface area (Å²) < 4.78 is 14.0. The van der Waals surface area contributed by atoms with E-state index in [0.717, 1.165) is 32.1 Å². The molecule has 4 heteroatoms. The van der Waals surface area contributed by atoms with E-state index in [9.17, 15) is 9.50 Å². The molecule has 2 nitrogen and oxygen atoms in total. The van der Waals surface area contributed by atoms with E-state index in [-0.39, 0.29) is 5.75 Å². The zero-order chi connectivity index (χ0) is 11.8. The second kappa shape index (κ2) is 4.34. The van der Waals surface area contributed by atoms with Gasteiger partial charge >= 0.3 is 0 Å². The van der Waals surface area contributed by atoms with Crippen molar-refractivity contribution in [2.24, 2.45) is 5.73 Å². The Bertz CT molecular complexity index is 402. The molecule has 0 spiro atoms. The zero-order valence-corrected chi connectivity index (χ0v) is 10.6. The minimum Gasteiger partial charge on any atom is -0.505 e. The number of aromatic hydroxyl groups is 1. The molecule has 16 heavy (non-hydrogen) atoms. The van der Waals surface area contributed by atoms with E-state index >= 15 is 0 Å². The number of rotatable bonds is 1. The van der Waals surface area contributed by atoms with Gasteiger partial charge in [0.2, 0.25) is 0 Å². The molecule has 0 aromatic heterocycles. The Morgan fingerprint density at radius 2 is 1.88 bits per heavy atom. The van der Waals surface area contributed by atoms with Crippen LogP contribution in [0, 0.1) is 5.82 Å². The van der Waals surface area contributed by atoms with Crippen LogP contribution in [0.1, 0.15) is 37.7 Å². The molecule has 1 fully saturated rings. The van der Waals surface area contributed by atoms with Crippen LogP contribution in [0.2, 0.25) is 0 Å². The lowest BCUT2D eigenvalue weighted by Crippen LogP contribution is -2.39. The Morgan fingerprint density at radius 1 is 1.25 bits per heavy atom. The summed E-state index contributed by atoms with van der Waals surface area (Å²) in [6, 6.07) is 2.85. The van der Waals surface area contributed by atoms with Crippen LogP contribution in [0.15, 0.2) is 16.6 Å². The highest BCUT2D eigenvalue weighted by Crippen LogP contribution is 2.43. The van der Waals surface area contributed by atoms with Gasteiger partial charge < -0.3 is 10.8 Å². The summed E-state index contributed by atoms with van der Waals surface area (Å²) in [5, 5.41) is 9.81. The smallest absolute Gasteiger partial charge is 0.165 e. The fourth-order valence-corrected chi connectivity index (χ4v) is 3.16. The molecule has 0 unspecified atom stereocenters. The van der Waals surface area contributed by atoms with Crippen molar-refractivity contribution in [2.75, 3.05) is 0 Å². The molecule has 0 saturated heterocycles. The Hall–Kier alpha value is -0.610. The molecule has 0 atom stereocenters. The molecule has 0 radical (unpaired) electrons. The maximum atomic E-state index is 13.4. The first kappa shape index (κ1) is 11.9. The highest BCUT2D eigenvalue weighted by molar-refractivity contribution is 9.10. The van der Waals surface area contributed by atoms with E-state index < -0.39 is 11.4 Å². The van der Waals surface area contributed by atoms with Crippen molar-refractivity contribution in [3.8, 4) is 5.75 Å². The Morgan fingerprint density at radius 3 is 2.50 bits per heavy atom. The van der Waals surface area contributed by atoms with E-state index in [2.05, 4.69) is 15.9 Å². The number of phenols is 1. The molecule has 1 aliphatic rings. The molecular formula is C12H15BrFNO. The maximum Gasteiger partial charge on any atom is 0.165 e. The van der Waals surface area contributed by atoms with Crippen molar-refractivity contribution < 1.29 is 9.50 Å². The molecule has 1 saturated carbocycles. The predicted octanol–water partition coefficient (Wildman–Crippen LogP) is 3.41. The van der Waals surface area contributed by atoms with Crippen molar-refractivity contribution in [3.63, 3.8) is 0 Å². The van der Waals surface area contributed by atoms with Crippen LogP contribution >= 0.6 is 15.9 Å². The first-order chi connectivity index (χ1) is 7.54. The molecule has 88 valence electrons. The molecule has 0 heterocycles. The number of hydrogen-bond donors (Lipinski definition) is 2. The fourth-order valence-electron chi connectivity index (χ4n) is 2.45. The highest BCUT2D eigenvalue weighted by Gasteiger charge is 2.34. The van der Waals surface area contributed by atoms with Gasteiger partial charge in [0.1, 0.15) is 0 Å². The van der Waals surface area contributed by atoms with E-state index in [4.69, 9.17) is 5.73 Å². The molecule has 0 amide bonds. The van der Waals surface area contributed by atoms with E-state index in [0.29, 0.717) is 10.0 Å². The second-order valence-electron chi connectivity index (χ2n) is 4.47. The minimum absolute atomic E-state index is 0.307. The van der Waals surface area contributed by atoms with Gasteiger partial charge in [-0.2, -0.15) is 0 Å². The Kier molecular flexibility index (Phi) is 3.22. The van der Waals surface area contributed by atoms with E-state index in [1.165, 1.54) is 6.07 Å². The van der Waals surface area contributed by atoms with Crippen LogP contribution in [-0.2, 0) is 5.54 Å². The maximum absolute atomic E-state index is 13.4. The summed E-state index contributed by atoms with van der Waals surface area (Å²) in [6.45, 7) is 0. The zero-order valence-electron chi connectivity index (χ0n) is 8.97. The quantitative estimate of drug-likeness (QED) is 0.831. The van der Waals surface area contributed by atoms with Gasteiger partial charge in [-0.3, -0.25) is 0 Å². The van der Waals surface area contributed by atoms with Crippen LogP contribution in [0.5, 0.6) is 5.75 Å². The summed E-state index contributed by atoms with van der Waals surface area (Å²) in [4.78, 5) is 0. The normalized spacial score (nSPS) is 19.7. The Balaban J connectivity index is 2.49. The first-order valence-electron chi connectivity index (χ1n) is 5.51. The lowest BCUT2D eigenvalue weighted by Gasteiger charge is -2.35. The van der Waals surface area contributed by atoms with Crippen molar-refractivity contribution >= 4 is 15.9 Å². The molecule has 2 rings (SSSR count). The average Bonchev–Trinajstić information content (AvgIpc) is 2.25. The summed E-state index contributed by atoms with van der Waals surface area (Å²) in [5.41, 5.74) is 6.22. The van der Waals surface area contributed by atoms with Crippen LogP contribution in [-0.4, -0.2) is 5.11 Å². The summed E-state index contributed by atoms with van der Waals surface area (Å²) in [6.07, 6.45) is 4.80. The average molecular weight is 288 g/mol. The van der Waals surface area contributed by atoms with Crippen molar-refractivity contribution in [1.82, 2.24) is 0 Å². The third-order valence-electron chi connectivity index (χ3n) is 3.32. The van der Waals surface area contributed by atoms with Crippen molar-refractivity contribution in [1.29, 1.82) is 0 Å². The van der Waals surface area contributed by atoms with E-state index in [1.54, 1.807) is 6.07 Å². The third-order valence-corrected chi connectivity index (χ3v) is 3.98. The van der Waals surface area contributed by atoms with Crippen LogP contribution in [0.25, 0.3) is 0 Å². The standard InChI is InChI=1S/C12H15BrFNO/c13-8-4-5-9(14)11(16)10(8)12(15)6-2-1-3-7-12/h4-5,16H,1-3,6-7,15H2. The van der Waals surface area contributed by atoms with Crippen molar-refractivity contribution in [2.45, 2.75) is 37.6 Å². The van der Waals surface area contributed by atoms with E-state index in [1.807, 2.05) is 0 Å². The van der Waals surface area contributed by atoms with Gasteiger partial charge in [-0.1, -0.05) is 35.2 Å². The van der Waals surface area contributed by atoms with Gasteiger partial charge in [0.05, 0.1) is 0 Å². The Labute approximate surface area is 103 Å². The highest BCUT2D eigenvalue weighted by atomic mass is 79.9.